The molecule has 0 aromatic heterocycles. The number of carbonyl (C=O) groups excluding carboxylic acids is 1. The largest absolute Gasteiger partial charge is 0.465 e. The molecule has 0 amide bonds. The van der Waals surface area contributed by atoms with Crippen molar-refractivity contribution < 1.29 is 9.53 Å². The fourth-order valence-electron chi connectivity index (χ4n) is 2.45. The van der Waals surface area contributed by atoms with Crippen LogP contribution in [-0.2, 0) is 4.74 Å². The summed E-state index contributed by atoms with van der Waals surface area (Å²) in [5, 5.41) is 0. The monoisotopic (exact) mass is 263 g/mol. The Morgan fingerprint density at radius 1 is 1.16 bits per heavy atom. The summed E-state index contributed by atoms with van der Waals surface area (Å²) in [6.07, 6.45) is 4.84. The number of ether oxygens (including phenoxy) is 1. The molecule has 1 fully saturated rings. The number of anilines is 3. The van der Waals surface area contributed by atoms with E-state index in [0.29, 0.717) is 16.9 Å². The number of carbonyl (C=O) groups is 1. The lowest BCUT2D eigenvalue weighted by atomic mass is 10.1. The van der Waals surface area contributed by atoms with Crippen LogP contribution in [0.1, 0.15) is 36.0 Å². The van der Waals surface area contributed by atoms with Crippen LogP contribution in [0.3, 0.4) is 0 Å². The van der Waals surface area contributed by atoms with E-state index in [1.54, 1.807) is 6.07 Å². The Bertz CT molecular complexity index is 466. The Morgan fingerprint density at radius 3 is 2.37 bits per heavy atom. The first kappa shape index (κ1) is 13.5. The Balaban J connectivity index is 2.35. The van der Waals surface area contributed by atoms with Crippen LogP contribution < -0.4 is 16.4 Å². The lowest BCUT2D eigenvalue weighted by Gasteiger charge is -2.24. The lowest BCUT2D eigenvalue weighted by Crippen LogP contribution is -2.24. The van der Waals surface area contributed by atoms with Gasteiger partial charge >= 0.3 is 5.97 Å². The van der Waals surface area contributed by atoms with Crippen LogP contribution in [-0.4, -0.2) is 26.2 Å². The minimum Gasteiger partial charge on any atom is -0.465 e. The van der Waals surface area contributed by atoms with Gasteiger partial charge < -0.3 is 21.1 Å². The van der Waals surface area contributed by atoms with Gasteiger partial charge in [-0.3, -0.25) is 0 Å². The summed E-state index contributed by atoms with van der Waals surface area (Å²) >= 11 is 0. The first-order chi connectivity index (χ1) is 9.13. The topological polar surface area (TPSA) is 81.6 Å². The van der Waals surface area contributed by atoms with E-state index in [4.69, 9.17) is 16.2 Å². The first-order valence-electron chi connectivity index (χ1n) is 6.65. The molecule has 0 bridgehead atoms. The number of methoxy groups -OCH3 is 1. The minimum absolute atomic E-state index is 0.297. The van der Waals surface area contributed by atoms with E-state index in [-0.39, 0.29) is 0 Å². The molecule has 0 saturated carbocycles. The molecular weight excluding hydrogens is 242 g/mol. The highest BCUT2D eigenvalue weighted by molar-refractivity contribution is 5.99. The van der Waals surface area contributed by atoms with Crippen LogP contribution in [0, 0.1) is 0 Å². The smallest absolute Gasteiger partial charge is 0.340 e. The summed E-state index contributed by atoms with van der Waals surface area (Å²) in [7, 11) is 1.34. The summed E-state index contributed by atoms with van der Waals surface area (Å²) in [5.74, 6) is -0.444. The van der Waals surface area contributed by atoms with Crippen LogP contribution in [0.15, 0.2) is 12.1 Å². The van der Waals surface area contributed by atoms with Gasteiger partial charge in [0.25, 0.3) is 0 Å². The summed E-state index contributed by atoms with van der Waals surface area (Å²) in [6, 6.07) is 3.62. The molecule has 0 radical (unpaired) electrons. The standard InChI is InChI=1S/C14H21N3O2/c1-19-14(18)11-8-10(9-12(15)13(11)16)17-6-4-2-3-5-7-17/h8-9H,2-7,15-16H2,1H3. The van der Waals surface area contributed by atoms with Gasteiger partial charge in [0.2, 0.25) is 0 Å². The molecule has 1 saturated heterocycles. The second-order valence-electron chi connectivity index (χ2n) is 4.89. The van der Waals surface area contributed by atoms with Crippen molar-refractivity contribution in [3.05, 3.63) is 17.7 Å². The average Bonchev–Trinajstić information content (AvgIpc) is 2.69. The molecular formula is C14H21N3O2. The average molecular weight is 263 g/mol. The van der Waals surface area contributed by atoms with Gasteiger partial charge in [0.1, 0.15) is 0 Å². The SMILES string of the molecule is COC(=O)c1cc(N2CCCCCC2)cc(N)c1N. The molecule has 5 heteroatoms. The predicted molar refractivity (Wildman–Crippen MR) is 77.3 cm³/mol. The van der Waals surface area contributed by atoms with E-state index in [0.717, 1.165) is 31.6 Å². The molecule has 0 spiro atoms. The van der Waals surface area contributed by atoms with Gasteiger partial charge in [0, 0.05) is 18.8 Å². The number of nitrogens with zero attached hydrogens (tertiary/aromatic N) is 1. The summed E-state index contributed by atoms with van der Waals surface area (Å²) in [5.41, 5.74) is 13.8. The summed E-state index contributed by atoms with van der Waals surface area (Å²) < 4.78 is 4.75. The maximum absolute atomic E-state index is 11.7. The van der Waals surface area contributed by atoms with Gasteiger partial charge in [0.05, 0.1) is 24.0 Å². The van der Waals surface area contributed by atoms with E-state index in [9.17, 15) is 4.79 Å². The molecule has 5 nitrogen and oxygen atoms in total. The van der Waals surface area contributed by atoms with E-state index >= 15 is 0 Å². The fraction of sp³-hybridized carbons (Fsp3) is 0.500. The van der Waals surface area contributed by atoms with Gasteiger partial charge in [-0.05, 0) is 25.0 Å². The van der Waals surface area contributed by atoms with E-state index in [1.165, 1.54) is 20.0 Å². The Hall–Kier alpha value is -1.91. The molecule has 0 aliphatic carbocycles. The van der Waals surface area contributed by atoms with Gasteiger partial charge in [-0.25, -0.2) is 4.79 Å². The number of hydrogen-bond acceptors (Lipinski definition) is 5. The second-order valence-corrected chi connectivity index (χ2v) is 4.89. The molecule has 1 aliphatic heterocycles. The van der Waals surface area contributed by atoms with E-state index in [1.807, 2.05) is 6.07 Å². The second kappa shape index (κ2) is 5.82. The van der Waals surface area contributed by atoms with Crippen LogP contribution in [0.25, 0.3) is 0 Å². The minimum atomic E-state index is -0.444. The summed E-state index contributed by atoms with van der Waals surface area (Å²) in [6.45, 7) is 1.98. The molecule has 0 unspecified atom stereocenters. The quantitative estimate of drug-likeness (QED) is 0.630. The van der Waals surface area contributed by atoms with Crippen LogP contribution in [0.2, 0.25) is 0 Å². The third-order valence-corrected chi connectivity index (χ3v) is 3.57. The van der Waals surface area contributed by atoms with Crippen molar-refractivity contribution in [2.24, 2.45) is 0 Å². The normalized spacial score (nSPS) is 15.9. The maximum atomic E-state index is 11.7. The number of hydrogen-bond donors (Lipinski definition) is 2. The maximum Gasteiger partial charge on any atom is 0.340 e. The Kier molecular flexibility index (Phi) is 4.14. The molecule has 1 heterocycles. The molecule has 2 rings (SSSR count). The zero-order valence-electron chi connectivity index (χ0n) is 11.3. The highest BCUT2D eigenvalue weighted by Crippen LogP contribution is 2.29. The molecule has 0 atom stereocenters. The number of esters is 1. The number of nitrogens with two attached hydrogens (primary N) is 2. The van der Waals surface area contributed by atoms with Crippen molar-refractivity contribution >= 4 is 23.0 Å². The number of rotatable bonds is 2. The molecule has 104 valence electrons. The Labute approximate surface area is 113 Å². The predicted octanol–water partition coefficient (Wildman–Crippen LogP) is 2.02. The van der Waals surface area contributed by atoms with Crippen LogP contribution >= 0.6 is 0 Å². The van der Waals surface area contributed by atoms with Crippen LogP contribution in [0.4, 0.5) is 17.1 Å². The van der Waals surface area contributed by atoms with E-state index in [2.05, 4.69) is 4.90 Å². The first-order valence-corrected chi connectivity index (χ1v) is 6.65. The molecule has 1 aliphatic rings. The molecule has 19 heavy (non-hydrogen) atoms. The number of benzene rings is 1. The van der Waals surface area contributed by atoms with Gasteiger partial charge in [-0.1, -0.05) is 12.8 Å². The van der Waals surface area contributed by atoms with E-state index < -0.39 is 5.97 Å². The van der Waals surface area contributed by atoms with Crippen molar-refractivity contribution in [1.82, 2.24) is 0 Å². The van der Waals surface area contributed by atoms with Gasteiger partial charge in [-0.2, -0.15) is 0 Å². The molecule has 1 aromatic carbocycles. The highest BCUT2D eigenvalue weighted by Gasteiger charge is 2.17. The Morgan fingerprint density at radius 2 is 1.79 bits per heavy atom. The highest BCUT2D eigenvalue weighted by atomic mass is 16.5. The zero-order chi connectivity index (χ0) is 13.8. The third kappa shape index (κ3) is 2.92. The van der Waals surface area contributed by atoms with Crippen molar-refractivity contribution in [1.29, 1.82) is 0 Å². The third-order valence-electron chi connectivity index (χ3n) is 3.57. The van der Waals surface area contributed by atoms with Crippen LogP contribution in [0.5, 0.6) is 0 Å². The zero-order valence-corrected chi connectivity index (χ0v) is 11.3. The van der Waals surface area contributed by atoms with Crippen molar-refractivity contribution in [3.63, 3.8) is 0 Å². The van der Waals surface area contributed by atoms with Crippen molar-refractivity contribution in [2.45, 2.75) is 25.7 Å². The number of nitrogen functional groups attached to an aromatic ring is 2. The summed E-state index contributed by atoms with van der Waals surface area (Å²) in [4.78, 5) is 14.0. The molecule has 1 aromatic rings. The molecule has 4 N–H and O–H groups in total. The fourth-order valence-corrected chi connectivity index (χ4v) is 2.45. The van der Waals surface area contributed by atoms with Gasteiger partial charge in [-0.15, -0.1) is 0 Å². The van der Waals surface area contributed by atoms with Gasteiger partial charge in [0.15, 0.2) is 0 Å². The van der Waals surface area contributed by atoms with Crippen molar-refractivity contribution in [2.75, 3.05) is 36.6 Å². The van der Waals surface area contributed by atoms with Crippen molar-refractivity contribution in [3.8, 4) is 0 Å². The lowest BCUT2D eigenvalue weighted by molar-refractivity contribution is 0.0602.